The molecule has 42 heavy (non-hydrogen) atoms. The fourth-order valence-corrected chi connectivity index (χ4v) is 7.06. The smallest absolute Gasteiger partial charge is 0.339 e. The number of thiazole rings is 2. The SMILES string of the molecule is CCOC(=O)C(OC(C)(C)C)c1c(C)cc2nc(-c3nc(-c4ccc5[nH]ncc5c4)cs3)sc2c1-c1ccc(Cl)cc1. The predicted octanol–water partition coefficient (Wildman–Crippen LogP) is 9.01. The van der Waals surface area contributed by atoms with Gasteiger partial charge in [0.15, 0.2) is 16.1 Å². The lowest BCUT2D eigenvalue weighted by Crippen LogP contribution is -2.29. The lowest BCUT2D eigenvalue weighted by molar-refractivity contribution is -0.166. The number of ether oxygens (including phenoxy) is 2. The van der Waals surface area contributed by atoms with Gasteiger partial charge in [0, 0.05) is 32.5 Å². The van der Waals surface area contributed by atoms with Gasteiger partial charge >= 0.3 is 5.97 Å². The molecule has 0 radical (unpaired) electrons. The molecule has 0 saturated carbocycles. The Hall–Kier alpha value is -3.63. The highest BCUT2D eigenvalue weighted by molar-refractivity contribution is 7.25. The van der Waals surface area contributed by atoms with Crippen LogP contribution in [0.4, 0.5) is 0 Å². The van der Waals surface area contributed by atoms with Crippen LogP contribution in [-0.2, 0) is 14.3 Å². The fraction of sp³-hybridized carbons (Fsp3) is 0.250. The van der Waals surface area contributed by atoms with Gasteiger partial charge < -0.3 is 9.47 Å². The van der Waals surface area contributed by atoms with Crippen molar-refractivity contribution in [2.75, 3.05) is 6.61 Å². The van der Waals surface area contributed by atoms with E-state index in [1.807, 2.05) is 81.7 Å². The first-order valence-corrected chi connectivity index (χ1v) is 15.6. The van der Waals surface area contributed by atoms with E-state index in [1.165, 1.54) is 0 Å². The summed E-state index contributed by atoms with van der Waals surface area (Å²) in [5.74, 6) is -0.422. The van der Waals surface area contributed by atoms with Crippen molar-refractivity contribution in [3.8, 4) is 32.4 Å². The van der Waals surface area contributed by atoms with Gasteiger partial charge in [0.25, 0.3) is 0 Å². The molecule has 6 aromatic rings. The molecule has 1 unspecified atom stereocenters. The molecule has 3 aromatic carbocycles. The number of hydrogen-bond donors (Lipinski definition) is 1. The van der Waals surface area contributed by atoms with E-state index in [0.717, 1.165) is 64.6 Å². The number of aromatic nitrogens is 4. The Balaban J connectivity index is 1.52. The molecule has 10 heteroatoms. The quantitative estimate of drug-likeness (QED) is 0.180. The van der Waals surface area contributed by atoms with Crippen LogP contribution in [0.5, 0.6) is 0 Å². The molecular weight excluding hydrogens is 588 g/mol. The highest BCUT2D eigenvalue weighted by Crippen LogP contribution is 2.45. The summed E-state index contributed by atoms with van der Waals surface area (Å²) in [7, 11) is 0. The van der Waals surface area contributed by atoms with E-state index in [2.05, 4.69) is 16.3 Å². The monoisotopic (exact) mass is 616 g/mol. The maximum absolute atomic E-state index is 13.4. The Morgan fingerprint density at radius 3 is 2.55 bits per heavy atom. The molecule has 214 valence electrons. The van der Waals surface area contributed by atoms with Gasteiger partial charge in [-0.1, -0.05) is 29.8 Å². The summed E-state index contributed by atoms with van der Waals surface area (Å²) >= 11 is 9.38. The number of carbonyl (C=O) groups is 1. The minimum Gasteiger partial charge on any atom is -0.464 e. The van der Waals surface area contributed by atoms with Gasteiger partial charge in [0.1, 0.15) is 0 Å². The van der Waals surface area contributed by atoms with Crippen molar-refractivity contribution in [2.24, 2.45) is 0 Å². The van der Waals surface area contributed by atoms with Gasteiger partial charge in [0.05, 0.1) is 39.8 Å². The van der Waals surface area contributed by atoms with E-state index < -0.39 is 17.7 Å². The minimum absolute atomic E-state index is 0.255. The molecule has 0 aliphatic carbocycles. The van der Waals surface area contributed by atoms with Gasteiger partial charge in [-0.2, -0.15) is 5.10 Å². The lowest BCUT2D eigenvalue weighted by atomic mass is 9.91. The summed E-state index contributed by atoms with van der Waals surface area (Å²) in [5.41, 5.74) is 6.58. The summed E-state index contributed by atoms with van der Waals surface area (Å²) in [6.07, 6.45) is 0.889. The molecule has 0 aliphatic rings. The number of nitrogens with one attached hydrogen (secondary N) is 1. The first-order valence-electron chi connectivity index (χ1n) is 13.5. The normalized spacial score (nSPS) is 12.7. The zero-order valence-electron chi connectivity index (χ0n) is 23.8. The Labute approximate surface area is 256 Å². The van der Waals surface area contributed by atoms with Gasteiger partial charge in [-0.25, -0.2) is 14.8 Å². The second-order valence-corrected chi connectivity index (χ2v) is 13.2. The minimum atomic E-state index is -0.921. The van der Waals surface area contributed by atoms with Crippen LogP contribution in [-0.4, -0.2) is 38.3 Å². The molecule has 1 N–H and O–H groups in total. The number of H-pyrrole nitrogens is 1. The Morgan fingerprint density at radius 1 is 1.05 bits per heavy atom. The summed E-state index contributed by atoms with van der Waals surface area (Å²) < 4.78 is 12.8. The first-order chi connectivity index (χ1) is 20.1. The number of nitrogens with zero attached hydrogens (tertiary/aromatic N) is 3. The summed E-state index contributed by atoms with van der Waals surface area (Å²) in [6, 6.07) is 15.8. The van der Waals surface area contributed by atoms with Crippen molar-refractivity contribution in [1.82, 2.24) is 20.2 Å². The first kappa shape index (κ1) is 28.5. The molecule has 0 amide bonds. The number of aryl methyl sites for hydroxylation is 1. The van der Waals surface area contributed by atoms with Gasteiger partial charge in [0.2, 0.25) is 0 Å². The van der Waals surface area contributed by atoms with Gasteiger partial charge in [-0.15, -0.1) is 22.7 Å². The second-order valence-electron chi connectivity index (χ2n) is 10.9. The van der Waals surface area contributed by atoms with Crippen molar-refractivity contribution in [3.63, 3.8) is 0 Å². The van der Waals surface area contributed by atoms with Crippen LogP contribution in [0.1, 0.15) is 44.9 Å². The van der Waals surface area contributed by atoms with Crippen LogP contribution < -0.4 is 0 Å². The topological polar surface area (TPSA) is 90.0 Å². The van der Waals surface area contributed by atoms with Crippen molar-refractivity contribution < 1.29 is 14.3 Å². The van der Waals surface area contributed by atoms with E-state index in [1.54, 1.807) is 29.6 Å². The standard InChI is InChI=1S/C32H29ClN4O3S2/c1-6-39-31(38)27(40-32(3,4)5)25-17(2)13-23-28(26(25)18-7-10-21(33)11-8-18)42-30(35-23)29-36-24(16-41-29)19-9-12-22-20(14-19)15-34-37-22/h7-16,27H,6H2,1-5H3,(H,34,37). The molecule has 3 aromatic heterocycles. The average molecular weight is 617 g/mol. The zero-order chi connectivity index (χ0) is 29.6. The third kappa shape index (κ3) is 5.57. The van der Waals surface area contributed by atoms with Crippen molar-refractivity contribution >= 4 is 61.4 Å². The molecule has 0 saturated heterocycles. The average Bonchev–Trinajstić information content (AvgIpc) is 3.70. The third-order valence-electron chi connectivity index (χ3n) is 6.72. The summed E-state index contributed by atoms with van der Waals surface area (Å²) in [5, 5.41) is 12.5. The van der Waals surface area contributed by atoms with E-state index >= 15 is 0 Å². The largest absolute Gasteiger partial charge is 0.464 e. The molecule has 0 aliphatic heterocycles. The number of rotatable bonds is 7. The number of halogens is 1. The number of aromatic amines is 1. The predicted molar refractivity (Wildman–Crippen MR) is 171 cm³/mol. The van der Waals surface area contributed by atoms with E-state index in [-0.39, 0.29) is 6.61 Å². The summed E-state index contributed by atoms with van der Waals surface area (Å²) in [6.45, 7) is 9.84. The van der Waals surface area contributed by atoms with Crippen LogP contribution in [0.25, 0.3) is 53.5 Å². The molecule has 6 rings (SSSR count). The molecule has 0 bridgehead atoms. The maximum atomic E-state index is 13.4. The lowest BCUT2D eigenvalue weighted by Gasteiger charge is -2.29. The molecule has 7 nitrogen and oxygen atoms in total. The zero-order valence-corrected chi connectivity index (χ0v) is 26.2. The van der Waals surface area contributed by atoms with Gasteiger partial charge in [-0.3, -0.25) is 5.10 Å². The van der Waals surface area contributed by atoms with E-state index in [0.29, 0.717) is 5.02 Å². The third-order valence-corrected chi connectivity index (χ3v) is 9.04. The number of benzene rings is 3. The number of fused-ring (bicyclic) bond motifs is 2. The molecule has 1 atom stereocenters. The number of carbonyl (C=O) groups excluding carboxylic acids is 1. The van der Waals surface area contributed by atoms with Crippen molar-refractivity contribution in [1.29, 1.82) is 0 Å². The Morgan fingerprint density at radius 2 is 1.81 bits per heavy atom. The van der Waals surface area contributed by atoms with Crippen LogP contribution in [0.2, 0.25) is 5.02 Å². The second kappa shape index (κ2) is 11.2. The van der Waals surface area contributed by atoms with Gasteiger partial charge in [-0.05, 0) is 76.1 Å². The molecule has 3 heterocycles. The maximum Gasteiger partial charge on any atom is 0.339 e. The Kier molecular flexibility index (Phi) is 7.61. The van der Waals surface area contributed by atoms with E-state index in [9.17, 15) is 4.79 Å². The fourth-order valence-electron chi connectivity index (χ4n) is 4.95. The number of esters is 1. The number of hydrogen-bond acceptors (Lipinski definition) is 8. The Bertz CT molecular complexity index is 1920. The van der Waals surface area contributed by atoms with Crippen LogP contribution >= 0.6 is 34.3 Å². The molecule has 0 fully saturated rings. The summed E-state index contributed by atoms with van der Waals surface area (Å²) in [4.78, 5) is 23.4. The van der Waals surface area contributed by atoms with Crippen LogP contribution in [0, 0.1) is 6.92 Å². The van der Waals surface area contributed by atoms with Crippen molar-refractivity contribution in [3.05, 3.63) is 76.3 Å². The molecule has 0 spiro atoms. The highest BCUT2D eigenvalue weighted by atomic mass is 35.5. The molecular formula is C32H29ClN4O3S2. The van der Waals surface area contributed by atoms with Crippen LogP contribution in [0.3, 0.4) is 0 Å². The van der Waals surface area contributed by atoms with Crippen molar-refractivity contribution in [2.45, 2.75) is 46.3 Å². The highest BCUT2D eigenvalue weighted by Gasteiger charge is 2.33. The van der Waals surface area contributed by atoms with E-state index in [4.69, 9.17) is 31.0 Å². The van der Waals surface area contributed by atoms with Crippen LogP contribution in [0.15, 0.2) is 60.1 Å².